The van der Waals surface area contributed by atoms with E-state index >= 15 is 0 Å². The Bertz CT molecular complexity index is 354. The lowest BCUT2D eigenvalue weighted by molar-refractivity contribution is -0.138. The number of methoxy groups -OCH3 is 1. The molecule has 0 aliphatic carbocycles. The molecule has 0 saturated heterocycles. The number of carboxylic acid groups (broad SMARTS) is 1. The molecule has 14 heavy (non-hydrogen) atoms. The number of hydrogen-bond donors (Lipinski definition) is 2. The second-order valence-electron chi connectivity index (χ2n) is 2.71. The Kier molecular flexibility index (Phi) is 3.03. The number of benzene rings is 1. The molecule has 0 fully saturated rings. The quantitative estimate of drug-likeness (QED) is 0.759. The maximum absolute atomic E-state index is 12.9. The monoisotopic (exact) mass is 199 g/mol. The molecule has 0 unspecified atom stereocenters. The Morgan fingerprint density at radius 3 is 2.79 bits per heavy atom. The van der Waals surface area contributed by atoms with E-state index in [0.717, 1.165) is 6.07 Å². The van der Waals surface area contributed by atoms with Crippen LogP contribution in [0.25, 0.3) is 0 Å². The van der Waals surface area contributed by atoms with Gasteiger partial charge in [0, 0.05) is 0 Å². The van der Waals surface area contributed by atoms with E-state index in [2.05, 4.69) is 0 Å². The van der Waals surface area contributed by atoms with E-state index in [1.54, 1.807) is 0 Å². The summed E-state index contributed by atoms with van der Waals surface area (Å²) in [5, 5.41) is 8.61. The molecule has 0 aliphatic rings. The number of hydrogen-bond acceptors (Lipinski definition) is 3. The molecular weight excluding hydrogens is 189 g/mol. The van der Waals surface area contributed by atoms with Crippen molar-refractivity contribution in [2.24, 2.45) is 5.73 Å². The first-order chi connectivity index (χ1) is 6.56. The average Bonchev–Trinajstić information content (AvgIpc) is 2.17. The van der Waals surface area contributed by atoms with Crippen molar-refractivity contribution in [3.05, 3.63) is 29.6 Å². The lowest BCUT2D eigenvalue weighted by Gasteiger charge is -2.08. The molecular formula is C9H10FNO3. The fourth-order valence-corrected chi connectivity index (χ4v) is 1.01. The molecule has 1 rings (SSSR count). The van der Waals surface area contributed by atoms with E-state index in [1.807, 2.05) is 0 Å². The van der Waals surface area contributed by atoms with E-state index in [0.29, 0.717) is 5.56 Å². The van der Waals surface area contributed by atoms with Crippen LogP contribution in [0.1, 0.15) is 11.6 Å². The third-order valence-corrected chi connectivity index (χ3v) is 1.80. The fourth-order valence-electron chi connectivity index (χ4n) is 1.01. The Morgan fingerprint density at radius 2 is 2.29 bits per heavy atom. The van der Waals surface area contributed by atoms with Gasteiger partial charge in [0.1, 0.15) is 6.04 Å². The number of halogens is 1. The summed E-state index contributed by atoms with van der Waals surface area (Å²) in [4.78, 5) is 10.5. The van der Waals surface area contributed by atoms with E-state index in [1.165, 1.54) is 19.2 Å². The molecule has 0 aliphatic heterocycles. The molecule has 4 nitrogen and oxygen atoms in total. The first-order valence-corrected chi connectivity index (χ1v) is 3.88. The second-order valence-corrected chi connectivity index (χ2v) is 2.71. The minimum Gasteiger partial charge on any atom is -0.494 e. The summed E-state index contributed by atoms with van der Waals surface area (Å²) >= 11 is 0. The number of rotatable bonds is 3. The highest BCUT2D eigenvalue weighted by Gasteiger charge is 2.15. The van der Waals surface area contributed by atoms with Gasteiger partial charge in [0.25, 0.3) is 0 Å². The highest BCUT2D eigenvalue weighted by atomic mass is 19.1. The summed E-state index contributed by atoms with van der Waals surface area (Å²) in [5.74, 6) is -1.73. The van der Waals surface area contributed by atoms with Gasteiger partial charge in [-0.15, -0.1) is 0 Å². The molecule has 76 valence electrons. The zero-order chi connectivity index (χ0) is 10.7. The van der Waals surface area contributed by atoms with Gasteiger partial charge in [-0.05, 0) is 17.7 Å². The van der Waals surface area contributed by atoms with Gasteiger partial charge in [0.2, 0.25) is 0 Å². The van der Waals surface area contributed by atoms with Gasteiger partial charge in [0.15, 0.2) is 11.6 Å². The van der Waals surface area contributed by atoms with Crippen molar-refractivity contribution < 1.29 is 19.0 Å². The minimum absolute atomic E-state index is 0.0146. The molecule has 3 N–H and O–H groups in total. The van der Waals surface area contributed by atoms with Gasteiger partial charge >= 0.3 is 5.97 Å². The highest BCUT2D eigenvalue weighted by molar-refractivity contribution is 5.75. The third-order valence-electron chi connectivity index (χ3n) is 1.80. The molecule has 5 heteroatoms. The van der Waals surface area contributed by atoms with Crippen molar-refractivity contribution in [2.45, 2.75) is 6.04 Å². The van der Waals surface area contributed by atoms with Crippen LogP contribution in [0.3, 0.4) is 0 Å². The fraction of sp³-hybridized carbons (Fsp3) is 0.222. The predicted octanol–water partition coefficient (Wildman–Crippen LogP) is 0.919. The molecule has 1 aromatic carbocycles. The molecule has 1 atom stereocenters. The molecule has 0 spiro atoms. The Labute approximate surface area is 80.1 Å². The molecule has 0 aromatic heterocycles. The molecule has 0 heterocycles. The number of carboxylic acids is 1. The SMILES string of the molecule is COc1cc([C@H](N)C(=O)O)ccc1F. The van der Waals surface area contributed by atoms with Crippen molar-refractivity contribution in [3.8, 4) is 5.75 Å². The first-order valence-electron chi connectivity index (χ1n) is 3.88. The summed E-state index contributed by atoms with van der Waals surface area (Å²) in [5.41, 5.74) is 5.64. The van der Waals surface area contributed by atoms with Crippen LogP contribution >= 0.6 is 0 Å². The van der Waals surface area contributed by atoms with Gasteiger partial charge in [0.05, 0.1) is 7.11 Å². The molecule has 0 saturated carbocycles. The van der Waals surface area contributed by atoms with Crippen LogP contribution in [-0.4, -0.2) is 18.2 Å². The number of carbonyl (C=O) groups is 1. The third kappa shape index (κ3) is 2.00. The molecule has 0 amide bonds. The van der Waals surface area contributed by atoms with Gasteiger partial charge in [-0.3, -0.25) is 4.79 Å². The Hall–Kier alpha value is -1.62. The Balaban J connectivity index is 3.06. The van der Waals surface area contributed by atoms with E-state index in [4.69, 9.17) is 15.6 Å². The van der Waals surface area contributed by atoms with E-state index in [9.17, 15) is 9.18 Å². The van der Waals surface area contributed by atoms with Crippen molar-refractivity contribution in [1.82, 2.24) is 0 Å². The van der Waals surface area contributed by atoms with E-state index in [-0.39, 0.29) is 5.75 Å². The topological polar surface area (TPSA) is 72.5 Å². The second kappa shape index (κ2) is 4.06. The van der Waals surface area contributed by atoms with Crippen LogP contribution in [0.5, 0.6) is 5.75 Å². The number of aliphatic carboxylic acids is 1. The Morgan fingerprint density at radius 1 is 1.64 bits per heavy atom. The van der Waals surface area contributed by atoms with Crippen molar-refractivity contribution in [3.63, 3.8) is 0 Å². The van der Waals surface area contributed by atoms with Gasteiger partial charge < -0.3 is 15.6 Å². The largest absolute Gasteiger partial charge is 0.494 e. The van der Waals surface area contributed by atoms with Crippen molar-refractivity contribution in [2.75, 3.05) is 7.11 Å². The van der Waals surface area contributed by atoms with Crippen LogP contribution in [0.2, 0.25) is 0 Å². The summed E-state index contributed by atoms with van der Waals surface area (Å²) in [6.07, 6.45) is 0. The smallest absolute Gasteiger partial charge is 0.325 e. The zero-order valence-electron chi connectivity index (χ0n) is 7.53. The standard InChI is InChI=1S/C9H10FNO3/c1-14-7-4-5(2-3-6(7)10)8(11)9(12)13/h2-4,8H,11H2,1H3,(H,12,13)/t8-/m0/s1. The van der Waals surface area contributed by atoms with Gasteiger partial charge in [-0.2, -0.15) is 0 Å². The predicted molar refractivity (Wildman–Crippen MR) is 47.5 cm³/mol. The number of ether oxygens (including phenoxy) is 1. The van der Waals surface area contributed by atoms with Gasteiger partial charge in [-0.25, -0.2) is 4.39 Å². The lowest BCUT2D eigenvalue weighted by Crippen LogP contribution is -2.20. The van der Waals surface area contributed by atoms with Crippen LogP contribution < -0.4 is 10.5 Å². The summed E-state index contributed by atoms with van der Waals surface area (Å²) in [6.45, 7) is 0. The van der Waals surface area contributed by atoms with Crippen molar-refractivity contribution >= 4 is 5.97 Å². The average molecular weight is 199 g/mol. The van der Waals surface area contributed by atoms with Crippen LogP contribution in [0.4, 0.5) is 4.39 Å². The zero-order valence-corrected chi connectivity index (χ0v) is 7.53. The maximum Gasteiger partial charge on any atom is 0.325 e. The van der Waals surface area contributed by atoms with Crippen LogP contribution in [0, 0.1) is 5.82 Å². The lowest BCUT2D eigenvalue weighted by atomic mass is 10.1. The summed E-state index contributed by atoms with van der Waals surface area (Å²) < 4.78 is 17.6. The first kappa shape index (κ1) is 10.5. The van der Waals surface area contributed by atoms with Gasteiger partial charge in [-0.1, -0.05) is 6.07 Å². The summed E-state index contributed by atoms with van der Waals surface area (Å²) in [6, 6.07) is 2.55. The van der Waals surface area contributed by atoms with Crippen molar-refractivity contribution in [1.29, 1.82) is 0 Å². The highest BCUT2D eigenvalue weighted by Crippen LogP contribution is 2.21. The van der Waals surface area contributed by atoms with E-state index < -0.39 is 17.8 Å². The normalized spacial score (nSPS) is 12.2. The number of nitrogens with two attached hydrogens (primary N) is 1. The molecule has 0 radical (unpaired) electrons. The molecule has 0 bridgehead atoms. The minimum atomic E-state index is -1.17. The van der Waals surface area contributed by atoms with Crippen LogP contribution in [0.15, 0.2) is 18.2 Å². The summed E-state index contributed by atoms with van der Waals surface area (Å²) in [7, 11) is 1.30. The maximum atomic E-state index is 12.9. The molecule has 1 aromatic rings. The van der Waals surface area contributed by atoms with Crippen LogP contribution in [-0.2, 0) is 4.79 Å².